The number of hydrogen-bond donors (Lipinski definition) is 0. The van der Waals surface area contributed by atoms with Crippen molar-refractivity contribution in [3.05, 3.63) is 205 Å². The summed E-state index contributed by atoms with van der Waals surface area (Å²) < 4.78 is 12.6. The minimum atomic E-state index is -2.30. The van der Waals surface area contributed by atoms with Gasteiger partial charge in [-0.15, -0.1) is 0 Å². The molecule has 0 saturated carbocycles. The number of hydrogen-bond acceptors (Lipinski definition) is 4. The average molecular weight is 937 g/mol. The van der Waals surface area contributed by atoms with Gasteiger partial charge in [-0.1, -0.05) is 146 Å². The van der Waals surface area contributed by atoms with Gasteiger partial charge in [0.25, 0.3) is 0 Å². The Labute approximate surface area is 416 Å². The van der Waals surface area contributed by atoms with E-state index in [1.807, 2.05) is 12.1 Å². The molecule has 5 heteroatoms. The predicted octanol–water partition coefficient (Wildman–Crippen LogP) is 18.1. The number of furan rings is 2. The summed E-state index contributed by atoms with van der Waals surface area (Å²) in [6, 6.07) is 72.1. The van der Waals surface area contributed by atoms with Crippen molar-refractivity contribution in [2.45, 2.75) is 65.5 Å². The Kier molecular flexibility index (Phi) is 9.47. The third kappa shape index (κ3) is 6.93. The molecule has 71 heavy (non-hydrogen) atoms. The number of nitrogens with zero attached hydrogens (tertiary/aromatic N) is 2. The summed E-state index contributed by atoms with van der Waals surface area (Å²) in [6.07, 6.45) is 0. The first-order chi connectivity index (χ1) is 34.2. The van der Waals surface area contributed by atoms with Gasteiger partial charge in [0.15, 0.2) is 0 Å². The second-order valence-corrected chi connectivity index (χ2v) is 26.6. The molecule has 1 aliphatic heterocycles. The molecule has 12 aromatic rings. The lowest BCUT2D eigenvalue weighted by atomic mass is 9.87. The lowest BCUT2D eigenvalue weighted by molar-refractivity contribution is 0.590. The van der Waals surface area contributed by atoms with E-state index in [1.165, 1.54) is 54.2 Å². The first-order valence-corrected chi connectivity index (χ1v) is 28.0. The van der Waals surface area contributed by atoms with E-state index in [4.69, 9.17) is 8.83 Å². The van der Waals surface area contributed by atoms with Crippen molar-refractivity contribution in [1.29, 1.82) is 0 Å². The molecule has 0 spiro atoms. The van der Waals surface area contributed by atoms with Crippen molar-refractivity contribution in [1.82, 2.24) is 0 Å². The van der Waals surface area contributed by atoms with Crippen LogP contribution < -0.4 is 20.2 Å². The number of para-hydroxylation sites is 2. The van der Waals surface area contributed by atoms with Gasteiger partial charge in [0.05, 0.1) is 0 Å². The maximum absolute atomic E-state index is 6.32. The highest BCUT2D eigenvalue weighted by Crippen LogP contribution is 2.46. The van der Waals surface area contributed by atoms with Crippen LogP contribution in [0.4, 0.5) is 34.1 Å². The van der Waals surface area contributed by atoms with Gasteiger partial charge in [-0.2, -0.15) is 0 Å². The number of anilines is 6. The van der Waals surface area contributed by atoms with Crippen LogP contribution in [0.2, 0.25) is 13.1 Å². The predicted molar refractivity (Wildman–Crippen MR) is 305 cm³/mol. The number of benzene rings is 10. The van der Waals surface area contributed by atoms with Crippen LogP contribution in [0.15, 0.2) is 203 Å². The van der Waals surface area contributed by atoms with Crippen LogP contribution in [0.1, 0.15) is 52.7 Å². The fourth-order valence-electron chi connectivity index (χ4n) is 11.5. The summed E-state index contributed by atoms with van der Waals surface area (Å²) in [5, 5.41) is 12.6. The van der Waals surface area contributed by atoms with E-state index < -0.39 is 8.07 Å². The van der Waals surface area contributed by atoms with Gasteiger partial charge in [-0.3, -0.25) is 0 Å². The van der Waals surface area contributed by atoms with Crippen molar-refractivity contribution >= 4 is 118 Å². The van der Waals surface area contributed by atoms with E-state index >= 15 is 0 Å². The highest BCUT2D eigenvalue weighted by atomic mass is 28.3. The molecule has 2 aromatic heterocycles. The Bertz CT molecular complexity index is 4110. The minimum absolute atomic E-state index is 0.0422. The molecule has 0 saturated heterocycles. The molecule has 0 radical (unpaired) electrons. The van der Waals surface area contributed by atoms with Crippen LogP contribution in [0.25, 0.3) is 76.5 Å². The molecule has 10 aromatic carbocycles. The van der Waals surface area contributed by atoms with Crippen molar-refractivity contribution in [2.24, 2.45) is 0 Å². The molecule has 0 unspecified atom stereocenters. The Hall–Kier alpha value is -7.86. The van der Waals surface area contributed by atoms with Gasteiger partial charge in [0.1, 0.15) is 30.4 Å². The zero-order valence-electron chi connectivity index (χ0n) is 41.7. The molecule has 0 fully saturated rings. The average Bonchev–Trinajstić information content (AvgIpc) is 3.94. The first kappa shape index (κ1) is 43.2. The van der Waals surface area contributed by atoms with Gasteiger partial charge >= 0.3 is 0 Å². The van der Waals surface area contributed by atoms with Crippen LogP contribution in [0, 0.1) is 0 Å². The molecular formula is C66H56N2O2Si. The normalized spacial score (nSPS) is 13.5. The topological polar surface area (TPSA) is 32.8 Å². The van der Waals surface area contributed by atoms with Crippen molar-refractivity contribution in [3.8, 4) is 11.1 Å². The molecule has 13 rings (SSSR count). The van der Waals surface area contributed by atoms with Gasteiger partial charge in [-0.25, -0.2) is 0 Å². The fraction of sp³-hybridized carbons (Fsp3) is 0.152. The summed E-state index contributed by atoms with van der Waals surface area (Å²) in [5.74, 6) is 0. The lowest BCUT2D eigenvalue weighted by Crippen LogP contribution is -2.56. The van der Waals surface area contributed by atoms with Crippen molar-refractivity contribution < 1.29 is 8.83 Å². The second-order valence-electron chi connectivity index (χ2n) is 22.2. The third-order valence-corrected chi connectivity index (χ3v) is 18.9. The zero-order valence-corrected chi connectivity index (χ0v) is 42.7. The Morgan fingerprint density at radius 2 is 0.775 bits per heavy atom. The fourth-order valence-corrected chi connectivity index (χ4v) is 14.6. The van der Waals surface area contributed by atoms with Gasteiger partial charge in [-0.05, 0) is 168 Å². The highest BCUT2D eigenvalue weighted by Gasteiger charge is 2.37. The lowest BCUT2D eigenvalue weighted by Gasteiger charge is -2.36. The third-order valence-electron chi connectivity index (χ3n) is 15.3. The van der Waals surface area contributed by atoms with Crippen molar-refractivity contribution in [2.75, 3.05) is 9.80 Å². The number of rotatable bonds is 6. The van der Waals surface area contributed by atoms with Crippen LogP contribution in [0.5, 0.6) is 0 Å². The quantitative estimate of drug-likeness (QED) is 0.123. The summed E-state index contributed by atoms with van der Waals surface area (Å²) in [7, 11) is -2.30. The van der Waals surface area contributed by atoms with E-state index in [9.17, 15) is 0 Å². The molecule has 4 nitrogen and oxygen atoms in total. The van der Waals surface area contributed by atoms with E-state index in [2.05, 4.69) is 246 Å². The van der Waals surface area contributed by atoms with E-state index in [-0.39, 0.29) is 10.8 Å². The molecule has 0 N–H and O–H groups in total. The molecule has 0 atom stereocenters. The summed E-state index contributed by atoms with van der Waals surface area (Å²) in [5.41, 5.74) is 15.6. The van der Waals surface area contributed by atoms with Crippen LogP contribution in [-0.4, -0.2) is 8.07 Å². The second kappa shape index (κ2) is 15.6. The Balaban J connectivity index is 0.970. The van der Waals surface area contributed by atoms with Crippen LogP contribution in [0.3, 0.4) is 0 Å². The first-order valence-electron chi connectivity index (χ1n) is 25.0. The van der Waals surface area contributed by atoms with Crippen LogP contribution >= 0.6 is 0 Å². The SMILES string of the molecule is CC(C)(C)c1ccc(N(c2ccc3c(c2)[Si](C)(C)c2cccc4c2c-3cc2ccc(N(c3ccc(C(C)(C)C)cc3)c3ccc5oc6ccccc6c5c3)cc24)c2ccc3oc4ccccc4c3c2)cc1. The summed E-state index contributed by atoms with van der Waals surface area (Å²) in [6.45, 7) is 18.7. The molecule has 1 aliphatic rings. The molecular weight excluding hydrogens is 881 g/mol. The maximum Gasteiger partial charge on any atom is 0.135 e. The van der Waals surface area contributed by atoms with E-state index in [1.54, 1.807) is 0 Å². The van der Waals surface area contributed by atoms with Gasteiger partial charge in [0, 0.05) is 55.7 Å². The maximum atomic E-state index is 6.32. The number of fused-ring (bicyclic) bond motifs is 10. The molecule has 0 amide bonds. The molecule has 3 heterocycles. The van der Waals surface area contributed by atoms with Crippen molar-refractivity contribution in [3.63, 3.8) is 0 Å². The Morgan fingerprint density at radius 3 is 1.31 bits per heavy atom. The van der Waals surface area contributed by atoms with Crippen LogP contribution in [-0.2, 0) is 10.8 Å². The highest BCUT2D eigenvalue weighted by molar-refractivity contribution is 7.03. The van der Waals surface area contributed by atoms with E-state index in [0.717, 1.165) is 78.0 Å². The summed E-state index contributed by atoms with van der Waals surface area (Å²) in [4.78, 5) is 4.85. The smallest absolute Gasteiger partial charge is 0.135 e. The molecule has 346 valence electrons. The van der Waals surface area contributed by atoms with E-state index in [0.29, 0.717) is 0 Å². The Morgan fingerprint density at radius 1 is 0.338 bits per heavy atom. The molecule has 0 bridgehead atoms. The summed E-state index contributed by atoms with van der Waals surface area (Å²) >= 11 is 0. The van der Waals surface area contributed by atoms with Gasteiger partial charge < -0.3 is 18.6 Å². The monoisotopic (exact) mass is 936 g/mol. The molecule has 0 aliphatic carbocycles. The minimum Gasteiger partial charge on any atom is -0.456 e. The zero-order chi connectivity index (χ0) is 48.6. The standard InChI is InChI=1S/C66H56N2O2Si/c1-65(2,3)42-21-26-44(27-22-42)67(47-31-34-60-55(38-47)50-14-9-11-17-58(50)69-60)46-25-20-41-36-57-52-33-30-49(40-63(52)71(7,8)62-19-13-16-53(64(57)62)54(41)37-46)68(45-28-23-43(24-29-45)66(4,5)6)48-32-35-61-56(39-48)51-15-10-12-18-59(51)70-61/h9-40H,1-8H3. The van der Waals surface area contributed by atoms with Gasteiger partial charge in [0.2, 0.25) is 0 Å². The largest absolute Gasteiger partial charge is 0.456 e.